The Kier molecular flexibility index (Phi) is 6.42. The Bertz CT molecular complexity index is 943. The fraction of sp³-hybridized carbons (Fsp3) is 0.409. The molecule has 0 unspecified atom stereocenters. The fourth-order valence-electron chi connectivity index (χ4n) is 3.82. The van der Waals surface area contributed by atoms with Crippen molar-refractivity contribution in [2.24, 2.45) is 0 Å². The van der Waals surface area contributed by atoms with E-state index in [0.717, 1.165) is 34.0 Å². The SMILES string of the molecule is CN(C(=O)OC(C)(C)C)[C@H]1CC[C@@H](c2ccc(Cl)c(Cl)c2)c2ccc(N)c(Br)c21. The summed E-state index contributed by atoms with van der Waals surface area (Å²) in [6.45, 7) is 5.59. The second kappa shape index (κ2) is 8.37. The summed E-state index contributed by atoms with van der Waals surface area (Å²) in [5.41, 5.74) is 9.50. The van der Waals surface area contributed by atoms with E-state index in [2.05, 4.69) is 15.9 Å². The largest absolute Gasteiger partial charge is 0.444 e. The van der Waals surface area contributed by atoms with Crippen LogP contribution in [0.1, 0.15) is 62.3 Å². The first kappa shape index (κ1) is 22.3. The van der Waals surface area contributed by atoms with Gasteiger partial charge in [-0.15, -0.1) is 0 Å². The van der Waals surface area contributed by atoms with Crippen LogP contribution < -0.4 is 5.73 Å². The predicted molar refractivity (Wildman–Crippen MR) is 123 cm³/mol. The van der Waals surface area contributed by atoms with Gasteiger partial charge in [-0.1, -0.05) is 35.3 Å². The molecule has 2 aromatic carbocycles. The molecule has 0 fully saturated rings. The summed E-state index contributed by atoms with van der Waals surface area (Å²) in [5.74, 6) is 0.139. The summed E-state index contributed by atoms with van der Waals surface area (Å²) in [5, 5.41) is 1.07. The molecule has 1 amide bonds. The van der Waals surface area contributed by atoms with Crippen LogP contribution in [0, 0.1) is 0 Å². The second-order valence-electron chi connectivity index (χ2n) is 8.38. The number of benzene rings is 2. The number of amides is 1. The number of halogens is 3. The zero-order chi connectivity index (χ0) is 21.5. The van der Waals surface area contributed by atoms with E-state index in [1.807, 2.05) is 51.1 Å². The van der Waals surface area contributed by atoms with Gasteiger partial charge in [0, 0.05) is 23.1 Å². The minimum Gasteiger partial charge on any atom is -0.444 e. The van der Waals surface area contributed by atoms with E-state index in [-0.39, 0.29) is 18.1 Å². The number of carbonyl (C=O) groups is 1. The smallest absolute Gasteiger partial charge is 0.410 e. The molecule has 4 nitrogen and oxygen atoms in total. The highest BCUT2D eigenvalue weighted by Gasteiger charge is 2.36. The monoisotopic (exact) mass is 498 g/mol. The van der Waals surface area contributed by atoms with Crippen molar-refractivity contribution in [2.75, 3.05) is 12.8 Å². The molecular weight excluding hydrogens is 475 g/mol. The molecule has 0 saturated carbocycles. The van der Waals surface area contributed by atoms with Gasteiger partial charge in [0.2, 0.25) is 0 Å². The molecule has 0 saturated heterocycles. The molecule has 2 N–H and O–H groups in total. The van der Waals surface area contributed by atoms with E-state index in [1.54, 1.807) is 11.9 Å². The molecule has 0 aromatic heterocycles. The number of ether oxygens (including phenoxy) is 1. The van der Waals surface area contributed by atoms with E-state index in [4.69, 9.17) is 33.7 Å². The molecule has 1 aliphatic rings. The number of hydrogen-bond donors (Lipinski definition) is 1. The standard InChI is InChI=1S/C22H25BrCl2N2O2/c1-22(2,3)29-21(28)27(4)18-10-7-13(12-5-8-15(24)16(25)11-12)14-6-9-17(26)20(23)19(14)18/h5-6,8-9,11,13,18H,7,10,26H2,1-4H3/t13-,18-/m0/s1. The van der Waals surface area contributed by atoms with E-state index < -0.39 is 5.60 Å². The number of fused-ring (bicyclic) bond motifs is 1. The average molecular weight is 500 g/mol. The van der Waals surface area contributed by atoms with Crippen LogP contribution in [-0.4, -0.2) is 23.6 Å². The fourth-order valence-corrected chi connectivity index (χ4v) is 4.75. The van der Waals surface area contributed by atoms with Crippen molar-refractivity contribution >= 4 is 50.9 Å². The molecule has 2 aromatic rings. The van der Waals surface area contributed by atoms with Gasteiger partial charge in [0.15, 0.2) is 0 Å². The van der Waals surface area contributed by atoms with Crippen molar-refractivity contribution in [3.05, 3.63) is 61.5 Å². The third-order valence-corrected chi connectivity index (χ3v) is 6.80. The maximum Gasteiger partial charge on any atom is 0.410 e. The summed E-state index contributed by atoms with van der Waals surface area (Å²) in [6, 6.07) is 9.54. The third kappa shape index (κ3) is 4.68. The minimum absolute atomic E-state index is 0.139. The minimum atomic E-state index is -0.557. The first-order valence-corrected chi connectivity index (χ1v) is 11.0. The highest BCUT2D eigenvalue weighted by atomic mass is 79.9. The number of carbonyl (C=O) groups excluding carboxylic acids is 1. The Morgan fingerprint density at radius 2 is 1.86 bits per heavy atom. The Labute approximate surface area is 190 Å². The molecule has 0 aliphatic heterocycles. The van der Waals surface area contributed by atoms with Gasteiger partial charge in [0.05, 0.1) is 16.1 Å². The van der Waals surface area contributed by atoms with Crippen LogP contribution >= 0.6 is 39.1 Å². The first-order valence-electron chi connectivity index (χ1n) is 9.48. The normalized spacial score (nSPS) is 18.9. The quantitative estimate of drug-likeness (QED) is 0.445. The van der Waals surface area contributed by atoms with Crippen LogP contribution in [0.3, 0.4) is 0 Å². The van der Waals surface area contributed by atoms with Crippen LogP contribution in [0.2, 0.25) is 10.0 Å². The lowest BCUT2D eigenvalue weighted by Gasteiger charge is -2.38. The Morgan fingerprint density at radius 3 is 2.48 bits per heavy atom. The summed E-state index contributed by atoms with van der Waals surface area (Å²) in [7, 11) is 1.78. The number of rotatable bonds is 2. The first-order chi connectivity index (χ1) is 13.5. The lowest BCUT2D eigenvalue weighted by atomic mass is 9.76. The molecule has 156 valence electrons. The average Bonchev–Trinajstić information content (AvgIpc) is 2.64. The van der Waals surface area contributed by atoms with Gasteiger partial charge >= 0.3 is 6.09 Å². The van der Waals surface area contributed by atoms with Crippen molar-refractivity contribution in [1.29, 1.82) is 0 Å². The van der Waals surface area contributed by atoms with E-state index >= 15 is 0 Å². The van der Waals surface area contributed by atoms with Gasteiger partial charge in [-0.25, -0.2) is 4.79 Å². The van der Waals surface area contributed by atoms with Gasteiger partial charge in [-0.2, -0.15) is 0 Å². The third-order valence-electron chi connectivity index (χ3n) is 5.18. The van der Waals surface area contributed by atoms with Crippen molar-refractivity contribution in [3.8, 4) is 0 Å². The van der Waals surface area contributed by atoms with Crippen molar-refractivity contribution in [1.82, 2.24) is 4.90 Å². The molecule has 1 aliphatic carbocycles. The number of hydrogen-bond acceptors (Lipinski definition) is 3. The number of nitrogens with two attached hydrogens (primary N) is 1. The molecule has 3 rings (SSSR count). The Balaban J connectivity index is 2.04. The van der Waals surface area contributed by atoms with Crippen molar-refractivity contribution in [2.45, 2.75) is 51.2 Å². The van der Waals surface area contributed by atoms with E-state index in [9.17, 15) is 4.79 Å². The van der Waals surface area contributed by atoms with Crippen LogP contribution in [-0.2, 0) is 4.74 Å². The second-order valence-corrected chi connectivity index (χ2v) is 9.99. The molecule has 2 atom stereocenters. The molecule has 0 radical (unpaired) electrons. The molecular formula is C22H25BrCl2N2O2. The van der Waals surface area contributed by atoms with E-state index in [1.165, 1.54) is 0 Å². The van der Waals surface area contributed by atoms with Gasteiger partial charge in [0.1, 0.15) is 5.60 Å². The zero-order valence-electron chi connectivity index (χ0n) is 16.9. The molecule has 7 heteroatoms. The summed E-state index contributed by atoms with van der Waals surface area (Å²) < 4.78 is 6.41. The Morgan fingerprint density at radius 1 is 1.17 bits per heavy atom. The number of anilines is 1. The van der Waals surface area contributed by atoms with Crippen LogP contribution in [0.25, 0.3) is 0 Å². The lowest BCUT2D eigenvalue weighted by molar-refractivity contribution is 0.0202. The lowest BCUT2D eigenvalue weighted by Crippen LogP contribution is -2.38. The Hall–Kier alpha value is -1.43. The van der Waals surface area contributed by atoms with Crippen LogP contribution in [0.5, 0.6) is 0 Å². The topological polar surface area (TPSA) is 55.6 Å². The van der Waals surface area contributed by atoms with Crippen LogP contribution in [0.15, 0.2) is 34.8 Å². The maximum atomic E-state index is 12.7. The highest BCUT2D eigenvalue weighted by molar-refractivity contribution is 9.10. The highest BCUT2D eigenvalue weighted by Crippen LogP contribution is 2.48. The summed E-state index contributed by atoms with van der Waals surface area (Å²) >= 11 is 16.0. The number of nitrogens with zero attached hydrogens (tertiary/aromatic N) is 1. The van der Waals surface area contributed by atoms with Crippen LogP contribution in [0.4, 0.5) is 10.5 Å². The molecule has 0 spiro atoms. The maximum absolute atomic E-state index is 12.7. The number of nitrogen functional groups attached to an aromatic ring is 1. The van der Waals surface area contributed by atoms with E-state index in [0.29, 0.717) is 15.7 Å². The molecule has 29 heavy (non-hydrogen) atoms. The van der Waals surface area contributed by atoms with Gasteiger partial charge in [-0.05, 0) is 84.4 Å². The summed E-state index contributed by atoms with van der Waals surface area (Å²) in [4.78, 5) is 14.4. The van der Waals surface area contributed by atoms with Gasteiger partial charge in [0.25, 0.3) is 0 Å². The van der Waals surface area contributed by atoms with Gasteiger partial charge < -0.3 is 15.4 Å². The molecule has 0 bridgehead atoms. The zero-order valence-corrected chi connectivity index (χ0v) is 20.0. The summed E-state index contributed by atoms with van der Waals surface area (Å²) in [6.07, 6.45) is 1.28. The van der Waals surface area contributed by atoms with Crippen molar-refractivity contribution < 1.29 is 9.53 Å². The van der Waals surface area contributed by atoms with Crippen molar-refractivity contribution in [3.63, 3.8) is 0 Å². The van der Waals surface area contributed by atoms with Gasteiger partial charge in [-0.3, -0.25) is 0 Å². The predicted octanol–water partition coefficient (Wildman–Crippen LogP) is 7.17. The molecule has 0 heterocycles.